The van der Waals surface area contributed by atoms with Crippen molar-refractivity contribution in [3.63, 3.8) is 0 Å². The summed E-state index contributed by atoms with van der Waals surface area (Å²) in [5, 5.41) is 3.95. The molecule has 0 bridgehead atoms. The summed E-state index contributed by atoms with van der Waals surface area (Å²) < 4.78 is 41.6. The zero-order valence-corrected chi connectivity index (χ0v) is 14.3. The quantitative estimate of drug-likeness (QED) is 0.663. The fourth-order valence-electron chi connectivity index (χ4n) is 2.47. The van der Waals surface area contributed by atoms with Crippen molar-refractivity contribution < 1.29 is 22.1 Å². The van der Waals surface area contributed by atoms with Crippen LogP contribution in [0, 0.1) is 5.82 Å². The van der Waals surface area contributed by atoms with Crippen molar-refractivity contribution >= 4 is 15.6 Å². The van der Waals surface area contributed by atoms with Crippen molar-refractivity contribution in [1.82, 2.24) is 5.16 Å². The van der Waals surface area contributed by atoms with Gasteiger partial charge in [0.2, 0.25) is 5.76 Å². The van der Waals surface area contributed by atoms with Crippen LogP contribution in [0.5, 0.6) is 0 Å². The Balaban J connectivity index is 2.18. The number of carbonyl (C=O) groups is 1. The number of Topliss-reactive ketones (excluding diaryl/α,β-unsaturated/α-hetero) is 1. The third kappa shape index (κ3) is 3.36. The van der Waals surface area contributed by atoms with Crippen LogP contribution >= 0.6 is 0 Å². The molecule has 0 radical (unpaired) electrons. The normalized spacial score (nSPS) is 11.5. The molecule has 0 N–H and O–H groups in total. The van der Waals surface area contributed by atoms with Gasteiger partial charge in [-0.05, 0) is 42.0 Å². The first-order chi connectivity index (χ1) is 11.8. The Hall–Kier alpha value is -2.80. The maximum absolute atomic E-state index is 13.2. The number of rotatable bonds is 4. The number of halogens is 1. The molecule has 3 rings (SSSR count). The third-order valence-corrected chi connectivity index (χ3v) is 4.83. The van der Waals surface area contributed by atoms with Crippen molar-refractivity contribution in [2.75, 3.05) is 6.26 Å². The standard InChI is InChI=1S/C18H14FNO4S/c1-11(21)18-16(12-5-9-15(10-6-12)25(2,22)23)17(20-24-18)13-3-7-14(19)8-4-13/h3-10H,1-2H3. The molecule has 0 fully saturated rings. The maximum atomic E-state index is 13.2. The maximum Gasteiger partial charge on any atom is 0.210 e. The zero-order valence-electron chi connectivity index (χ0n) is 13.5. The van der Waals surface area contributed by atoms with E-state index in [2.05, 4.69) is 5.16 Å². The Morgan fingerprint density at radius 3 is 2.08 bits per heavy atom. The van der Waals surface area contributed by atoms with E-state index in [9.17, 15) is 17.6 Å². The average molecular weight is 359 g/mol. The fraction of sp³-hybridized carbons (Fsp3) is 0.111. The van der Waals surface area contributed by atoms with Gasteiger partial charge in [0.05, 0.1) is 10.5 Å². The lowest BCUT2D eigenvalue weighted by Gasteiger charge is -2.05. The molecule has 3 aromatic rings. The highest BCUT2D eigenvalue weighted by Gasteiger charge is 2.22. The van der Waals surface area contributed by atoms with E-state index in [0.717, 1.165) is 6.26 Å². The van der Waals surface area contributed by atoms with Crippen LogP contribution in [-0.4, -0.2) is 25.6 Å². The van der Waals surface area contributed by atoms with Crippen LogP contribution in [0.1, 0.15) is 17.5 Å². The molecule has 0 unspecified atom stereocenters. The molecule has 1 aromatic heterocycles. The molecule has 2 aromatic carbocycles. The summed E-state index contributed by atoms with van der Waals surface area (Å²) in [6.45, 7) is 1.35. The average Bonchev–Trinajstić information content (AvgIpc) is 3.00. The number of nitrogens with zero attached hydrogens (tertiary/aromatic N) is 1. The number of benzene rings is 2. The predicted molar refractivity (Wildman–Crippen MR) is 90.4 cm³/mol. The molecule has 128 valence electrons. The van der Waals surface area contributed by atoms with Crippen molar-refractivity contribution in [2.45, 2.75) is 11.8 Å². The van der Waals surface area contributed by atoms with Crippen LogP contribution < -0.4 is 0 Å². The molecule has 0 aliphatic carbocycles. The summed E-state index contributed by atoms with van der Waals surface area (Å²) in [4.78, 5) is 12.0. The minimum atomic E-state index is -3.33. The van der Waals surface area contributed by atoms with E-state index in [0.29, 0.717) is 22.4 Å². The van der Waals surface area contributed by atoms with Gasteiger partial charge in [-0.15, -0.1) is 0 Å². The van der Waals surface area contributed by atoms with Crippen LogP contribution in [-0.2, 0) is 9.84 Å². The molecule has 0 aliphatic rings. The first kappa shape index (κ1) is 17.0. The van der Waals surface area contributed by atoms with Gasteiger partial charge < -0.3 is 4.52 Å². The van der Waals surface area contributed by atoms with Gasteiger partial charge in [0.25, 0.3) is 0 Å². The van der Waals surface area contributed by atoms with Crippen molar-refractivity contribution in [1.29, 1.82) is 0 Å². The highest BCUT2D eigenvalue weighted by Crippen LogP contribution is 2.35. The number of hydrogen-bond acceptors (Lipinski definition) is 5. The first-order valence-electron chi connectivity index (χ1n) is 7.34. The van der Waals surface area contributed by atoms with Crippen molar-refractivity contribution in [2.24, 2.45) is 0 Å². The molecule has 0 spiro atoms. The van der Waals surface area contributed by atoms with Gasteiger partial charge >= 0.3 is 0 Å². The van der Waals surface area contributed by atoms with Gasteiger partial charge in [0.1, 0.15) is 11.5 Å². The molecule has 0 saturated carbocycles. The smallest absolute Gasteiger partial charge is 0.210 e. The minimum Gasteiger partial charge on any atom is -0.352 e. The summed E-state index contributed by atoms with van der Waals surface area (Å²) in [5.41, 5.74) is 1.99. The van der Waals surface area contributed by atoms with Gasteiger partial charge in [-0.1, -0.05) is 17.3 Å². The Kier molecular flexibility index (Phi) is 4.26. The third-order valence-electron chi connectivity index (χ3n) is 3.70. The van der Waals surface area contributed by atoms with Gasteiger partial charge in [0, 0.05) is 18.7 Å². The monoisotopic (exact) mass is 359 g/mol. The lowest BCUT2D eigenvalue weighted by Crippen LogP contribution is -1.97. The predicted octanol–water partition coefficient (Wildman–Crippen LogP) is 3.75. The van der Waals surface area contributed by atoms with Crippen LogP contribution in [0.4, 0.5) is 4.39 Å². The largest absolute Gasteiger partial charge is 0.352 e. The fourth-order valence-corrected chi connectivity index (χ4v) is 3.10. The van der Waals surface area contributed by atoms with Crippen LogP contribution in [0.2, 0.25) is 0 Å². The molecule has 0 saturated heterocycles. The highest BCUT2D eigenvalue weighted by molar-refractivity contribution is 7.90. The second kappa shape index (κ2) is 6.25. The molecule has 25 heavy (non-hydrogen) atoms. The van der Waals surface area contributed by atoms with E-state index in [-0.39, 0.29) is 16.4 Å². The molecule has 7 heteroatoms. The molecular weight excluding hydrogens is 345 g/mol. The second-order valence-corrected chi connectivity index (χ2v) is 7.61. The molecule has 1 heterocycles. The Labute approximate surface area is 144 Å². The topological polar surface area (TPSA) is 77.2 Å². The Morgan fingerprint density at radius 2 is 1.56 bits per heavy atom. The van der Waals surface area contributed by atoms with Crippen LogP contribution in [0.15, 0.2) is 57.9 Å². The van der Waals surface area contributed by atoms with E-state index >= 15 is 0 Å². The Morgan fingerprint density at radius 1 is 1.00 bits per heavy atom. The van der Waals surface area contributed by atoms with Gasteiger partial charge in [-0.2, -0.15) is 0 Å². The second-order valence-electron chi connectivity index (χ2n) is 5.59. The number of ketones is 1. The minimum absolute atomic E-state index is 0.0615. The van der Waals surface area contributed by atoms with Crippen LogP contribution in [0.25, 0.3) is 22.4 Å². The molecule has 0 atom stereocenters. The number of sulfone groups is 1. The SMILES string of the molecule is CC(=O)c1onc(-c2ccc(F)cc2)c1-c1ccc(S(C)(=O)=O)cc1. The zero-order chi connectivity index (χ0) is 18.2. The molecule has 0 amide bonds. The van der Waals surface area contributed by atoms with E-state index in [1.807, 2.05) is 0 Å². The number of aromatic nitrogens is 1. The van der Waals surface area contributed by atoms with Crippen molar-refractivity contribution in [3.05, 3.63) is 60.1 Å². The summed E-state index contributed by atoms with van der Waals surface area (Å²) in [6, 6.07) is 11.7. The number of hydrogen-bond donors (Lipinski definition) is 0. The van der Waals surface area contributed by atoms with E-state index in [1.54, 1.807) is 12.1 Å². The van der Waals surface area contributed by atoms with Gasteiger partial charge in [-0.25, -0.2) is 12.8 Å². The van der Waals surface area contributed by atoms with E-state index in [4.69, 9.17) is 4.52 Å². The summed E-state index contributed by atoms with van der Waals surface area (Å²) in [6.07, 6.45) is 1.12. The van der Waals surface area contributed by atoms with Gasteiger partial charge in [0.15, 0.2) is 15.6 Å². The lowest BCUT2D eigenvalue weighted by molar-refractivity contribution is 0.0979. The summed E-state index contributed by atoms with van der Waals surface area (Å²) in [7, 11) is -3.33. The van der Waals surface area contributed by atoms with E-state index < -0.39 is 15.7 Å². The molecule has 5 nitrogen and oxygen atoms in total. The summed E-state index contributed by atoms with van der Waals surface area (Å²) in [5.74, 6) is -0.646. The number of carbonyl (C=O) groups excluding carboxylic acids is 1. The van der Waals surface area contributed by atoms with Gasteiger partial charge in [-0.3, -0.25) is 4.79 Å². The summed E-state index contributed by atoms with van der Waals surface area (Å²) >= 11 is 0. The highest BCUT2D eigenvalue weighted by atomic mass is 32.2. The molecule has 0 aliphatic heterocycles. The first-order valence-corrected chi connectivity index (χ1v) is 9.23. The van der Waals surface area contributed by atoms with Crippen molar-refractivity contribution in [3.8, 4) is 22.4 Å². The Bertz CT molecular complexity index is 1040. The lowest BCUT2D eigenvalue weighted by atomic mass is 9.98. The van der Waals surface area contributed by atoms with E-state index in [1.165, 1.54) is 43.3 Å². The molecular formula is C18H14FNO4S. The van der Waals surface area contributed by atoms with Crippen LogP contribution in [0.3, 0.4) is 0 Å².